The van der Waals surface area contributed by atoms with Crippen molar-refractivity contribution in [3.05, 3.63) is 86.5 Å². The quantitative estimate of drug-likeness (QED) is 0.226. The number of carboxylic acid groups (broad SMARTS) is 1. The second-order valence-electron chi connectivity index (χ2n) is 10.3. The number of hydrogen-bond acceptors (Lipinski definition) is 13. The maximum absolute atomic E-state index is 12.4. The predicted molar refractivity (Wildman–Crippen MR) is 176 cm³/mol. The molecule has 11 nitrogen and oxygen atoms in total. The lowest BCUT2D eigenvalue weighted by molar-refractivity contribution is 0.0701. The number of nitrogens with one attached hydrogen (secondary N) is 1. The smallest absolute Gasteiger partial charge is 0.345 e. The summed E-state index contributed by atoms with van der Waals surface area (Å²) in [6.07, 6.45) is 0. The molecular formula is C30H30N4O7S4. The van der Waals surface area contributed by atoms with Crippen LogP contribution in [0.15, 0.2) is 35.0 Å². The molecule has 45 heavy (non-hydrogen) atoms. The highest BCUT2D eigenvalue weighted by molar-refractivity contribution is 7.18. The number of ketones is 4. The highest BCUT2D eigenvalue weighted by atomic mass is 32.1. The number of carbonyl (C=O) groups excluding carboxylic acids is 5. The predicted octanol–water partition coefficient (Wildman–Crippen LogP) is 3.67. The van der Waals surface area contributed by atoms with Crippen LogP contribution < -0.4 is 11.1 Å². The van der Waals surface area contributed by atoms with Crippen molar-refractivity contribution in [1.82, 2.24) is 15.1 Å². The molecule has 0 saturated carbocycles. The van der Waals surface area contributed by atoms with E-state index in [1.165, 1.54) is 34.8 Å². The van der Waals surface area contributed by atoms with Crippen LogP contribution in [0.5, 0.6) is 0 Å². The second-order valence-corrected chi connectivity index (χ2v) is 14.2. The van der Waals surface area contributed by atoms with Gasteiger partial charge in [-0.25, -0.2) is 4.79 Å². The molecule has 0 aliphatic heterocycles. The number of likely N-dealkylation sites (N-methyl/N-ethyl adjacent to an activating group) is 2. The summed E-state index contributed by atoms with van der Waals surface area (Å²) in [5.41, 5.74) is 6.58. The summed E-state index contributed by atoms with van der Waals surface area (Å²) in [7, 11) is 7.86. The van der Waals surface area contributed by atoms with Crippen molar-refractivity contribution in [2.45, 2.75) is 0 Å². The third kappa shape index (κ3) is 7.41. The topological polar surface area (TPSA) is 167 Å². The molecule has 236 valence electrons. The van der Waals surface area contributed by atoms with Gasteiger partial charge in [0.2, 0.25) is 23.1 Å². The fourth-order valence-corrected chi connectivity index (χ4v) is 7.89. The van der Waals surface area contributed by atoms with Gasteiger partial charge in [0.25, 0.3) is 5.91 Å². The number of carbonyl (C=O) groups is 6. The van der Waals surface area contributed by atoms with Crippen molar-refractivity contribution in [3.8, 4) is 0 Å². The lowest BCUT2D eigenvalue weighted by Crippen LogP contribution is -2.30. The van der Waals surface area contributed by atoms with Crippen LogP contribution in [0, 0.1) is 0 Å². The molecule has 4 aromatic heterocycles. The molecule has 15 heteroatoms. The zero-order valence-electron chi connectivity index (χ0n) is 24.8. The third-order valence-electron chi connectivity index (χ3n) is 6.45. The average molecular weight is 687 g/mol. The first-order valence-electron chi connectivity index (χ1n) is 13.5. The number of carboxylic acids is 1. The molecule has 0 unspecified atom stereocenters. The average Bonchev–Trinajstić information content (AvgIpc) is 3.80. The van der Waals surface area contributed by atoms with E-state index in [9.17, 15) is 28.8 Å². The molecular weight excluding hydrogens is 657 g/mol. The van der Waals surface area contributed by atoms with E-state index in [2.05, 4.69) is 10.2 Å². The summed E-state index contributed by atoms with van der Waals surface area (Å²) in [6.45, 7) is 2.99. The van der Waals surface area contributed by atoms with Gasteiger partial charge in [-0.3, -0.25) is 24.0 Å². The molecule has 1 amide bonds. The maximum atomic E-state index is 12.4. The van der Waals surface area contributed by atoms with Gasteiger partial charge >= 0.3 is 5.97 Å². The summed E-state index contributed by atoms with van der Waals surface area (Å²) in [5.74, 6) is -2.20. The number of aromatic carboxylic acids is 1. The van der Waals surface area contributed by atoms with Crippen molar-refractivity contribution in [1.29, 1.82) is 0 Å². The van der Waals surface area contributed by atoms with Crippen LogP contribution in [0.2, 0.25) is 0 Å². The van der Waals surface area contributed by atoms with Crippen LogP contribution in [0.1, 0.15) is 80.3 Å². The van der Waals surface area contributed by atoms with Crippen LogP contribution in [-0.4, -0.2) is 104 Å². The SMILES string of the molecule is CN(C)CCN.CN(C)CCNC(=O)c1cc2c(s1)C(=O)c1ccsc1C2=O.O=C(O)c1cc2c(s1)C(=O)c1ccsc1C2=O. The van der Waals surface area contributed by atoms with Gasteiger partial charge in [-0.05, 0) is 63.2 Å². The molecule has 4 heterocycles. The molecule has 0 aromatic carbocycles. The molecule has 6 rings (SSSR count). The van der Waals surface area contributed by atoms with E-state index in [4.69, 9.17) is 10.8 Å². The molecule has 0 spiro atoms. The minimum Gasteiger partial charge on any atom is -0.477 e. The Kier molecular flexibility index (Phi) is 11.1. The van der Waals surface area contributed by atoms with Crippen molar-refractivity contribution in [2.24, 2.45) is 5.73 Å². The van der Waals surface area contributed by atoms with Crippen molar-refractivity contribution < 1.29 is 33.9 Å². The number of nitrogens with zero attached hydrogens (tertiary/aromatic N) is 2. The lowest BCUT2D eigenvalue weighted by atomic mass is 9.96. The molecule has 4 N–H and O–H groups in total. The highest BCUT2D eigenvalue weighted by Crippen LogP contribution is 2.36. The fourth-order valence-electron chi connectivity index (χ4n) is 4.23. The van der Waals surface area contributed by atoms with Gasteiger partial charge < -0.3 is 26.0 Å². The zero-order valence-corrected chi connectivity index (χ0v) is 28.1. The Morgan fingerprint density at radius 2 is 1.16 bits per heavy atom. The van der Waals surface area contributed by atoms with Crippen molar-refractivity contribution in [2.75, 3.05) is 54.4 Å². The van der Waals surface area contributed by atoms with Gasteiger partial charge in [-0.1, -0.05) is 0 Å². The molecule has 2 aliphatic rings. The Labute approximate surface area is 274 Å². The highest BCUT2D eigenvalue weighted by Gasteiger charge is 2.35. The molecule has 0 saturated heterocycles. The Morgan fingerprint density at radius 3 is 1.58 bits per heavy atom. The fraction of sp³-hybridized carbons (Fsp3) is 0.267. The molecule has 0 radical (unpaired) electrons. The van der Waals surface area contributed by atoms with Crippen LogP contribution in [0.3, 0.4) is 0 Å². The standard InChI is InChI=1S/C15H14N2O3S2.C11H4O4S2.C4H12N2/c1-17(2)5-4-16-15(20)10-7-9-12(19)13-8(3-6-21-13)11(18)14(9)22-10;12-7-4-1-2-16-9(4)8(13)5-3-6(11(14)15)17-10(5)7;1-6(2)4-3-5/h3,6-7H,4-5H2,1-2H3,(H,16,20);1-3H,(H,14,15);3-5H2,1-2H3. The monoisotopic (exact) mass is 686 g/mol. The Bertz CT molecular complexity index is 1700. The molecule has 2 aliphatic carbocycles. The lowest BCUT2D eigenvalue weighted by Gasteiger charge is -2.09. The van der Waals surface area contributed by atoms with Crippen LogP contribution in [0.4, 0.5) is 0 Å². The van der Waals surface area contributed by atoms with E-state index in [-0.39, 0.29) is 44.4 Å². The molecule has 0 atom stereocenters. The Morgan fingerprint density at radius 1 is 0.711 bits per heavy atom. The number of nitrogens with two attached hydrogens (primary N) is 1. The first kappa shape index (κ1) is 34.2. The first-order chi connectivity index (χ1) is 21.3. The zero-order chi connectivity index (χ0) is 33.0. The first-order valence-corrected chi connectivity index (χ1v) is 16.9. The minimum absolute atomic E-state index is 0.0202. The second kappa shape index (κ2) is 14.6. The number of hydrogen-bond donors (Lipinski definition) is 3. The van der Waals surface area contributed by atoms with Crippen LogP contribution in [-0.2, 0) is 0 Å². The maximum Gasteiger partial charge on any atom is 0.345 e. The van der Waals surface area contributed by atoms with Gasteiger partial charge in [0, 0.05) is 48.4 Å². The van der Waals surface area contributed by atoms with Gasteiger partial charge in [0.05, 0.1) is 24.4 Å². The summed E-state index contributed by atoms with van der Waals surface area (Å²) in [4.78, 5) is 77.7. The minimum atomic E-state index is -1.12. The van der Waals surface area contributed by atoms with Gasteiger partial charge in [0.1, 0.15) is 4.88 Å². The number of fused-ring (bicyclic) bond motifs is 4. The summed E-state index contributed by atoms with van der Waals surface area (Å²) >= 11 is 4.42. The van der Waals surface area contributed by atoms with Crippen LogP contribution in [0.25, 0.3) is 0 Å². The number of amides is 1. The molecule has 0 fully saturated rings. The Balaban J connectivity index is 0.000000178. The van der Waals surface area contributed by atoms with E-state index >= 15 is 0 Å². The van der Waals surface area contributed by atoms with Crippen molar-refractivity contribution in [3.63, 3.8) is 0 Å². The normalized spacial score (nSPS) is 12.9. The largest absolute Gasteiger partial charge is 0.477 e. The van der Waals surface area contributed by atoms with Crippen LogP contribution >= 0.6 is 45.3 Å². The molecule has 4 aromatic rings. The van der Waals surface area contributed by atoms with Gasteiger partial charge in [-0.15, -0.1) is 45.3 Å². The summed E-state index contributed by atoms with van der Waals surface area (Å²) in [6, 6.07) is 6.09. The number of thiophene rings is 4. The van der Waals surface area contributed by atoms with E-state index in [0.29, 0.717) is 42.7 Å². The third-order valence-corrected chi connectivity index (χ3v) is 10.5. The van der Waals surface area contributed by atoms with E-state index in [1.54, 1.807) is 22.9 Å². The summed E-state index contributed by atoms with van der Waals surface area (Å²) < 4.78 is 0. The van der Waals surface area contributed by atoms with E-state index < -0.39 is 5.97 Å². The van der Waals surface area contributed by atoms with Gasteiger partial charge in [-0.2, -0.15) is 0 Å². The van der Waals surface area contributed by atoms with Gasteiger partial charge in [0.15, 0.2) is 0 Å². The Hall–Kier alpha value is -3.70. The number of rotatable bonds is 7. The van der Waals surface area contributed by atoms with E-state index in [1.807, 2.05) is 33.1 Å². The molecule has 0 bridgehead atoms. The summed E-state index contributed by atoms with van der Waals surface area (Å²) in [5, 5.41) is 15.1. The van der Waals surface area contributed by atoms with Crippen molar-refractivity contribution >= 4 is 80.4 Å². The van der Waals surface area contributed by atoms with E-state index in [0.717, 1.165) is 42.3 Å².